The number of aliphatic hydroxyl groups is 1. The molecule has 1 N–H and O–H groups in total. The number of hydrogen-bond acceptors (Lipinski definition) is 2. The van der Waals surface area contributed by atoms with Crippen molar-refractivity contribution in [3.63, 3.8) is 0 Å². The number of nitrogens with zero attached hydrogens (tertiary/aromatic N) is 2. The van der Waals surface area contributed by atoms with Gasteiger partial charge in [-0.3, -0.25) is 4.68 Å². The summed E-state index contributed by atoms with van der Waals surface area (Å²) in [5.41, 5.74) is 0.854. The maximum Gasteiger partial charge on any atom is 0.101 e. The molecule has 3 nitrogen and oxygen atoms in total. The zero-order valence-electron chi connectivity index (χ0n) is 8.43. The van der Waals surface area contributed by atoms with Crippen molar-refractivity contribution in [2.24, 2.45) is 24.8 Å². The summed E-state index contributed by atoms with van der Waals surface area (Å²) >= 11 is 0. The van der Waals surface area contributed by atoms with Crippen LogP contribution in [0.3, 0.4) is 0 Å². The summed E-state index contributed by atoms with van der Waals surface area (Å²) in [6, 6.07) is 1.93. The Morgan fingerprint density at radius 1 is 1.50 bits per heavy atom. The minimum atomic E-state index is -0.313. The van der Waals surface area contributed by atoms with Crippen LogP contribution in [0.25, 0.3) is 0 Å². The maximum absolute atomic E-state index is 10.1. The molecule has 2 fully saturated rings. The standard InChI is InChI=1S/C11H16N2O/c1-13-6-5-9(12-13)11(14)10-7-3-2-4-8(7)10/h5-8,10-11,14H,2-4H2,1H3. The second-order valence-electron chi connectivity index (χ2n) is 4.70. The summed E-state index contributed by atoms with van der Waals surface area (Å²) < 4.78 is 1.76. The van der Waals surface area contributed by atoms with Crippen molar-refractivity contribution in [3.8, 4) is 0 Å². The van der Waals surface area contributed by atoms with Crippen LogP contribution >= 0.6 is 0 Å². The number of aromatic nitrogens is 2. The van der Waals surface area contributed by atoms with Crippen LogP contribution in [0, 0.1) is 17.8 Å². The van der Waals surface area contributed by atoms with E-state index < -0.39 is 0 Å². The van der Waals surface area contributed by atoms with Crippen molar-refractivity contribution in [3.05, 3.63) is 18.0 Å². The van der Waals surface area contributed by atoms with E-state index >= 15 is 0 Å². The van der Waals surface area contributed by atoms with Gasteiger partial charge in [0.2, 0.25) is 0 Å². The highest BCUT2D eigenvalue weighted by Crippen LogP contribution is 2.61. The van der Waals surface area contributed by atoms with E-state index in [0.29, 0.717) is 5.92 Å². The molecular formula is C11H16N2O. The zero-order chi connectivity index (χ0) is 9.71. The monoisotopic (exact) mass is 192 g/mol. The number of fused-ring (bicyclic) bond motifs is 1. The minimum Gasteiger partial charge on any atom is -0.386 e. The molecule has 3 rings (SSSR count). The number of aliphatic hydroxyl groups excluding tert-OH is 1. The molecule has 1 heterocycles. The lowest BCUT2D eigenvalue weighted by atomic mass is 10.0. The van der Waals surface area contributed by atoms with Crippen molar-refractivity contribution in [2.45, 2.75) is 25.4 Å². The van der Waals surface area contributed by atoms with Gasteiger partial charge in [0.25, 0.3) is 0 Å². The van der Waals surface area contributed by atoms with Crippen LogP contribution in [-0.2, 0) is 7.05 Å². The fourth-order valence-electron chi connectivity index (χ4n) is 3.13. The normalized spacial score (nSPS) is 36.9. The Kier molecular flexibility index (Phi) is 1.71. The van der Waals surface area contributed by atoms with Gasteiger partial charge < -0.3 is 5.11 Å². The quantitative estimate of drug-likeness (QED) is 0.771. The molecule has 0 spiro atoms. The minimum absolute atomic E-state index is 0.313. The first kappa shape index (κ1) is 8.48. The summed E-state index contributed by atoms with van der Waals surface area (Å²) in [6.07, 6.45) is 5.59. The number of aryl methyl sites for hydroxylation is 1. The molecule has 3 atom stereocenters. The summed E-state index contributed by atoms with van der Waals surface area (Å²) in [5.74, 6) is 2.11. The molecule has 0 radical (unpaired) electrons. The van der Waals surface area contributed by atoms with E-state index in [0.717, 1.165) is 17.5 Å². The third kappa shape index (κ3) is 1.12. The fourth-order valence-corrected chi connectivity index (χ4v) is 3.13. The molecule has 0 saturated heterocycles. The van der Waals surface area contributed by atoms with E-state index in [1.165, 1.54) is 19.3 Å². The molecule has 2 aliphatic rings. The Labute approximate surface area is 83.7 Å². The predicted octanol–water partition coefficient (Wildman–Crippen LogP) is 1.50. The van der Waals surface area contributed by atoms with Gasteiger partial charge >= 0.3 is 0 Å². The SMILES string of the molecule is Cn1ccc(C(O)C2C3CCCC32)n1. The van der Waals surface area contributed by atoms with Crippen molar-refractivity contribution >= 4 is 0 Å². The lowest BCUT2D eigenvalue weighted by Gasteiger charge is -2.09. The Morgan fingerprint density at radius 2 is 2.21 bits per heavy atom. The molecular weight excluding hydrogens is 176 g/mol. The highest BCUT2D eigenvalue weighted by atomic mass is 16.3. The summed E-state index contributed by atoms with van der Waals surface area (Å²) in [6.45, 7) is 0. The zero-order valence-corrected chi connectivity index (χ0v) is 8.43. The lowest BCUT2D eigenvalue weighted by molar-refractivity contribution is 0.132. The Balaban J connectivity index is 1.75. The van der Waals surface area contributed by atoms with Crippen LogP contribution in [0.15, 0.2) is 12.3 Å². The van der Waals surface area contributed by atoms with Gasteiger partial charge in [0.1, 0.15) is 6.10 Å². The van der Waals surface area contributed by atoms with Gasteiger partial charge in [-0.25, -0.2) is 0 Å². The number of rotatable bonds is 2. The van der Waals surface area contributed by atoms with E-state index in [2.05, 4.69) is 5.10 Å². The van der Waals surface area contributed by atoms with E-state index in [4.69, 9.17) is 0 Å². The third-order valence-corrected chi connectivity index (χ3v) is 3.87. The summed E-state index contributed by atoms with van der Waals surface area (Å²) in [7, 11) is 1.89. The second-order valence-corrected chi connectivity index (χ2v) is 4.70. The van der Waals surface area contributed by atoms with E-state index in [-0.39, 0.29) is 6.10 Å². The van der Waals surface area contributed by atoms with Crippen LogP contribution in [0.1, 0.15) is 31.1 Å². The first-order valence-electron chi connectivity index (χ1n) is 5.45. The Hall–Kier alpha value is -0.830. The average molecular weight is 192 g/mol. The van der Waals surface area contributed by atoms with Crippen molar-refractivity contribution in [1.82, 2.24) is 9.78 Å². The predicted molar refractivity (Wildman–Crippen MR) is 52.5 cm³/mol. The molecule has 14 heavy (non-hydrogen) atoms. The van der Waals surface area contributed by atoms with Crippen LogP contribution in [0.2, 0.25) is 0 Å². The van der Waals surface area contributed by atoms with Crippen LogP contribution < -0.4 is 0 Å². The van der Waals surface area contributed by atoms with E-state index in [1.807, 2.05) is 19.3 Å². The maximum atomic E-state index is 10.1. The van der Waals surface area contributed by atoms with Crippen LogP contribution in [0.4, 0.5) is 0 Å². The topological polar surface area (TPSA) is 38.0 Å². The third-order valence-electron chi connectivity index (χ3n) is 3.87. The van der Waals surface area contributed by atoms with Crippen molar-refractivity contribution in [2.75, 3.05) is 0 Å². The first-order valence-corrected chi connectivity index (χ1v) is 5.45. The van der Waals surface area contributed by atoms with Gasteiger partial charge in [0.15, 0.2) is 0 Å². The van der Waals surface area contributed by atoms with Gasteiger partial charge in [-0.1, -0.05) is 6.42 Å². The molecule has 1 aromatic rings. The highest BCUT2D eigenvalue weighted by molar-refractivity contribution is 5.13. The lowest BCUT2D eigenvalue weighted by Crippen LogP contribution is -2.05. The van der Waals surface area contributed by atoms with Gasteiger partial charge in [0, 0.05) is 13.2 Å². The molecule has 1 aromatic heterocycles. The van der Waals surface area contributed by atoms with E-state index in [1.54, 1.807) is 4.68 Å². The molecule has 0 bridgehead atoms. The van der Waals surface area contributed by atoms with Gasteiger partial charge in [-0.2, -0.15) is 5.10 Å². The molecule has 3 heteroatoms. The van der Waals surface area contributed by atoms with Crippen LogP contribution in [0.5, 0.6) is 0 Å². The average Bonchev–Trinajstić information content (AvgIpc) is 2.56. The molecule has 0 aromatic carbocycles. The highest BCUT2D eigenvalue weighted by Gasteiger charge is 2.56. The van der Waals surface area contributed by atoms with Crippen molar-refractivity contribution in [1.29, 1.82) is 0 Å². The molecule has 2 saturated carbocycles. The Bertz CT molecular complexity index is 337. The molecule has 76 valence electrons. The second kappa shape index (κ2) is 2.83. The van der Waals surface area contributed by atoms with Crippen LogP contribution in [-0.4, -0.2) is 14.9 Å². The molecule has 3 unspecified atom stereocenters. The molecule has 0 amide bonds. The van der Waals surface area contributed by atoms with Crippen molar-refractivity contribution < 1.29 is 5.11 Å². The molecule has 2 aliphatic carbocycles. The van der Waals surface area contributed by atoms with E-state index in [9.17, 15) is 5.11 Å². The summed E-state index contributed by atoms with van der Waals surface area (Å²) in [4.78, 5) is 0. The van der Waals surface area contributed by atoms with Gasteiger partial charge in [-0.05, 0) is 36.7 Å². The Morgan fingerprint density at radius 3 is 2.79 bits per heavy atom. The van der Waals surface area contributed by atoms with Gasteiger partial charge in [0.05, 0.1) is 5.69 Å². The van der Waals surface area contributed by atoms with Gasteiger partial charge in [-0.15, -0.1) is 0 Å². The number of hydrogen-bond donors (Lipinski definition) is 1. The fraction of sp³-hybridized carbons (Fsp3) is 0.727. The molecule has 0 aliphatic heterocycles. The first-order chi connectivity index (χ1) is 6.77. The summed E-state index contributed by atoms with van der Waals surface area (Å²) in [5, 5.41) is 14.4. The largest absolute Gasteiger partial charge is 0.386 e. The smallest absolute Gasteiger partial charge is 0.101 e.